The van der Waals surface area contributed by atoms with Gasteiger partial charge in [-0.05, 0) is 30.3 Å². The number of hydrogen-bond donors (Lipinski definition) is 3. The number of hydrogen-bond acceptors (Lipinski definition) is 8. The standard InChI is InChI=1S/C22H20Cl2N6O2S/c1-32-9-18(21-28-15-3-2-11(23)6-17(15)29-21)30-20-13-7-14(24)12(8-16(13)26-10-27-20)19(31)22-25-4-5-33-22/h2-3,6-8,10,18-19,31H,4-5,9H2,1H3,(H,28,29)(H,26,27,30)/t18-,19?/m1/s1. The third-order valence-electron chi connectivity index (χ3n) is 5.33. The van der Waals surface area contributed by atoms with Crippen LogP contribution in [0.2, 0.25) is 10.0 Å². The second-order valence-electron chi connectivity index (χ2n) is 7.52. The lowest BCUT2D eigenvalue weighted by molar-refractivity contribution is 0.184. The van der Waals surface area contributed by atoms with Gasteiger partial charge in [0, 0.05) is 40.4 Å². The number of anilines is 1. The number of rotatable bonds is 7. The van der Waals surface area contributed by atoms with Crippen LogP contribution >= 0.6 is 35.0 Å². The average molecular weight is 503 g/mol. The molecule has 1 unspecified atom stereocenters. The first-order valence-corrected chi connectivity index (χ1v) is 12.0. The predicted molar refractivity (Wildman–Crippen MR) is 134 cm³/mol. The minimum absolute atomic E-state index is 0.312. The highest BCUT2D eigenvalue weighted by atomic mass is 35.5. The van der Waals surface area contributed by atoms with E-state index in [0.717, 1.165) is 22.2 Å². The van der Waals surface area contributed by atoms with E-state index in [2.05, 4.69) is 30.2 Å². The summed E-state index contributed by atoms with van der Waals surface area (Å²) in [6.45, 7) is 1.05. The molecule has 0 bridgehead atoms. The number of H-pyrrole nitrogens is 1. The van der Waals surface area contributed by atoms with Gasteiger partial charge in [-0.15, -0.1) is 11.8 Å². The van der Waals surface area contributed by atoms with E-state index in [0.29, 0.717) is 51.0 Å². The van der Waals surface area contributed by atoms with Gasteiger partial charge in [-0.3, -0.25) is 4.99 Å². The molecule has 0 aliphatic carbocycles. The largest absolute Gasteiger partial charge is 0.382 e. The number of imidazole rings is 1. The van der Waals surface area contributed by atoms with Gasteiger partial charge in [-0.1, -0.05) is 23.2 Å². The van der Waals surface area contributed by atoms with Crippen LogP contribution in [0.1, 0.15) is 23.5 Å². The molecular formula is C22H20Cl2N6O2S. The molecule has 5 rings (SSSR count). The number of nitrogens with one attached hydrogen (secondary N) is 2. The van der Waals surface area contributed by atoms with Gasteiger partial charge in [0.05, 0.1) is 23.2 Å². The molecule has 11 heteroatoms. The zero-order valence-electron chi connectivity index (χ0n) is 17.5. The minimum atomic E-state index is -0.871. The lowest BCUT2D eigenvalue weighted by Gasteiger charge is -2.18. The van der Waals surface area contributed by atoms with Gasteiger partial charge in [0.1, 0.15) is 35.2 Å². The van der Waals surface area contributed by atoms with Crippen LogP contribution < -0.4 is 5.32 Å². The molecule has 2 atom stereocenters. The number of methoxy groups -OCH3 is 1. The molecule has 2 aromatic heterocycles. The zero-order valence-corrected chi connectivity index (χ0v) is 19.9. The average Bonchev–Trinajstić information content (AvgIpc) is 3.48. The summed E-state index contributed by atoms with van der Waals surface area (Å²) < 4.78 is 5.43. The Bertz CT molecular complexity index is 1360. The molecule has 2 aromatic carbocycles. The number of aliphatic hydroxyl groups excluding tert-OH is 1. The number of halogens is 2. The quantitative estimate of drug-likeness (QED) is 0.333. The summed E-state index contributed by atoms with van der Waals surface area (Å²) in [5, 5.41) is 16.6. The molecule has 0 saturated carbocycles. The van der Waals surface area contributed by atoms with Crippen molar-refractivity contribution in [2.24, 2.45) is 4.99 Å². The van der Waals surface area contributed by atoms with Crippen molar-refractivity contribution < 1.29 is 9.84 Å². The van der Waals surface area contributed by atoms with Crippen LogP contribution in [0, 0.1) is 0 Å². The van der Waals surface area contributed by atoms with Gasteiger partial charge < -0.3 is 20.1 Å². The minimum Gasteiger partial charge on any atom is -0.382 e. The van der Waals surface area contributed by atoms with Gasteiger partial charge >= 0.3 is 0 Å². The summed E-state index contributed by atoms with van der Waals surface area (Å²) >= 11 is 14.2. The van der Waals surface area contributed by atoms with E-state index in [1.807, 2.05) is 12.1 Å². The Labute approximate surface area is 203 Å². The molecule has 0 spiro atoms. The van der Waals surface area contributed by atoms with Gasteiger partial charge in [-0.25, -0.2) is 15.0 Å². The Hall–Kier alpha value is -2.43. The zero-order chi connectivity index (χ0) is 22.9. The smallest absolute Gasteiger partial charge is 0.138 e. The van der Waals surface area contributed by atoms with E-state index >= 15 is 0 Å². The van der Waals surface area contributed by atoms with E-state index in [-0.39, 0.29) is 6.04 Å². The van der Waals surface area contributed by atoms with Crippen molar-refractivity contribution in [2.75, 3.05) is 31.3 Å². The van der Waals surface area contributed by atoms with Gasteiger partial charge in [0.15, 0.2) is 0 Å². The Balaban J connectivity index is 1.50. The second kappa shape index (κ2) is 9.44. The van der Waals surface area contributed by atoms with Crippen LogP contribution in [0.15, 0.2) is 41.7 Å². The van der Waals surface area contributed by atoms with Crippen molar-refractivity contribution in [3.8, 4) is 0 Å². The first-order chi connectivity index (χ1) is 16.0. The maximum atomic E-state index is 10.7. The molecule has 170 valence electrons. The van der Waals surface area contributed by atoms with E-state index in [1.54, 1.807) is 37.1 Å². The van der Waals surface area contributed by atoms with Crippen molar-refractivity contribution in [2.45, 2.75) is 12.1 Å². The Morgan fingerprint density at radius 3 is 2.88 bits per heavy atom. The van der Waals surface area contributed by atoms with Gasteiger partial charge in [0.25, 0.3) is 0 Å². The number of aromatic amines is 1. The fraction of sp³-hybridized carbons (Fsp3) is 0.273. The lowest BCUT2D eigenvalue weighted by atomic mass is 10.1. The number of fused-ring (bicyclic) bond motifs is 2. The van der Waals surface area contributed by atoms with Crippen LogP contribution in [0.5, 0.6) is 0 Å². The summed E-state index contributed by atoms with van der Waals surface area (Å²) in [4.78, 5) is 21.1. The predicted octanol–water partition coefficient (Wildman–Crippen LogP) is 4.79. The highest BCUT2D eigenvalue weighted by Crippen LogP contribution is 2.35. The highest BCUT2D eigenvalue weighted by molar-refractivity contribution is 8.14. The number of aliphatic imine (C=N–C) groups is 1. The van der Waals surface area contributed by atoms with Crippen molar-refractivity contribution in [1.29, 1.82) is 0 Å². The van der Waals surface area contributed by atoms with Crippen LogP contribution in [-0.2, 0) is 4.74 Å². The number of benzene rings is 2. The molecule has 1 aliphatic heterocycles. The lowest BCUT2D eigenvalue weighted by Crippen LogP contribution is -2.18. The summed E-state index contributed by atoms with van der Waals surface area (Å²) in [6.07, 6.45) is 0.600. The Kier molecular flexibility index (Phi) is 6.40. The maximum absolute atomic E-state index is 10.7. The van der Waals surface area contributed by atoms with Gasteiger partial charge in [-0.2, -0.15) is 0 Å². The van der Waals surface area contributed by atoms with Crippen molar-refractivity contribution in [1.82, 2.24) is 19.9 Å². The molecule has 3 heterocycles. The molecule has 0 fully saturated rings. The third-order valence-corrected chi connectivity index (χ3v) is 6.93. The number of thioether (sulfide) groups is 1. The van der Waals surface area contributed by atoms with Crippen molar-refractivity contribution in [3.63, 3.8) is 0 Å². The molecule has 0 amide bonds. The summed E-state index contributed by atoms with van der Waals surface area (Å²) in [5.41, 5.74) is 2.87. The first-order valence-electron chi connectivity index (χ1n) is 10.2. The molecule has 33 heavy (non-hydrogen) atoms. The van der Waals surface area contributed by atoms with E-state index in [9.17, 15) is 5.11 Å². The van der Waals surface area contributed by atoms with Crippen LogP contribution in [0.3, 0.4) is 0 Å². The highest BCUT2D eigenvalue weighted by Gasteiger charge is 2.23. The normalized spacial score (nSPS) is 15.7. The van der Waals surface area contributed by atoms with Crippen LogP contribution in [-0.4, -0.2) is 56.1 Å². The van der Waals surface area contributed by atoms with Crippen LogP contribution in [0.25, 0.3) is 21.9 Å². The van der Waals surface area contributed by atoms with E-state index in [4.69, 9.17) is 27.9 Å². The number of ether oxygens (including phenoxy) is 1. The summed E-state index contributed by atoms with van der Waals surface area (Å²) in [6, 6.07) is 8.73. The molecular weight excluding hydrogens is 483 g/mol. The molecule has 0 radical (unpaired) electrons. The first kappa shape index (κ1) is 22.4. The van der Waals surface area contributed by atoms with Gasteiger partial charge in [0.2, 0.25) is 0 Å². The van der Waals surface area contributed by atoms with E-state index in [1.165, 1.54) is 6.33 Å². The molecule has 0 saturated heterocycles. The monoisotopic (exact) mass is 502 g/mol. The second-order valence-corrected chi connectivity index (χ2v) is 9.48. The number of aromatic nitrogens is 4. The van der Waals surface area contributed by atoms with Crippen molar-refractivity contribution >= 4 is 67.8 Å². The Morgan fingerprint density at radius 2 is 2.09 bits per heavy atom. The molecule has 8 nitrogen and oxygen atoms in total. The van der Waals surface area contributed by atoms with E-state index < -0.39 is 6.10 Å². The number of nitrogens with zero attached hydrogens (tertiary/aromatic N) is 4. The summed E-state index contributed by atoms with van der Waals surface area (Å²) in [5.74, 6) is 2.13. The van der Waals surface area contributed by atoms with Crippen molar-refractivity contribution in [3.05, 3.63) is 58.1 Å². The fourth-order valence-corrected chi connectivity index (χ4v) is 5.05. The Morgan fingerprint density at radius 1 is 1.21 bits per heavy atom. The molecule has 1 aliphatic rings. The summed E-state index contributed by atoms with van der Waals surface area (Å²) in [7, 11) is 1.63. The fourth-order valence-electron chi connectivity index (χ4n) is 3.75. The maximum Gasteiger partial charge on any atom is 0.138 e. The topological polar surface area (TPSA) is 108 Å². The molecule has 3 N–H and O–H groups in total. The number of aliphatic hydroxyl groups is 1. The SMILES string of the molecule is COC[C@@H](Nc1ncnc2cc(C(O)C3=NCCS3)c(Cl)cc12)c1nc2ccc(Cl)cc2[nH]1. The van der Waals surface area contributed by atoms with Crippen LogP contribution in [0.4, 0.5) is 5.82 Å². The molecule has 4 aromatic rings. The third kappa shape index (κ3) is 4.51.